The molecule has 1 fully saturated rings. The highest BCUT2D eigenvalue weighted by atomic mass is 32.1. The van der Waals surface area contributed by atoms with Crippen molar-refractivity contribution in [3.63, 3.8) is 0 Å². The molecule has 0 saturated carbocycles. The van der Waals surface area contributed by atoms with Gasteiger partial charge in [-0.1, -0.05) is 30.3 Å². The molecule has 3 heterocycles. The lowest BCUT2D eigenvalue weighted by atomic mass is 9.99. The quantitative estimate of drug-likeness (QED) is 0.670. The van der Waals surface area contributed by atoms with Crippen LogP contribution in [0.5, 0.6) is 0 Å². The predicted molar refractivity (Wildman–Crippen MR) is 112 cm³/mol. The maximum absolute atomic E-state index is 12.3. The number of amides is 1. The van der Waals surface area contributed by atoms with Gasteiger partial charge in [-0.3, -0.25) is 14.7 Å². The number of rotatable bonds is 7. The second-order valence-electron chi connectivity index (χ2n) is 7.12. The summed E-state index contributed by atoms with van der Waals surface area (Å²) >= 11 is 1.61. The fraction of sp³-hybridized carbons (Fsp3) is 0.318. The van der Waals surface area contributed by atoms with E-state index in [0.29, 0.717) is 19.0 Å². The zero-order chi connectivity index (χ0) is 19.2. The first kappa shape index (κ1) is 18.8. The second-order valence-corrected chi connectivity index (χ2v) is 7.98. The van der Waals surface area contributed by atoms with E-state index < -0.39 is 0 Å². The molecule has 6 heteroatoms. The van der Waals surface area contributed by atoms with Crippen molar-refractivity contribution < 1.29 is 4.79 Å². The third-order valence-electron chi connectivity index (χ3n) is 5.07. The minimum absolute atomic E-state index is 0.0939. The number of pyridine rings is 1. The molecule has 0 radical (unpaired) electrons. The first-order valence-corrected chi connectivity index (χ1v) is 10.5. The molecular weight excluding hydrogens is 368 g/mol. The predicted octanol–water partition coefficient (Wildman–Crippen LogP) is 3.35. The van der Waals surface area contributed by atoms with E-state index in [2.05, 4.69) is 49.8 Å². The Morgan fingerprint density at radius 2 is 2.11 bits per heavy atom. The van der Waals surface area contributed by atoms with Crippen LogP contribution in [0.4, 0.5) is 0 Å². The molecule has 2 aromatic heterocycles. The van der Waals surface area contributed by atoms with Gasteiger partial charge in [0.1, 0.15) is 5.01 Å². The average Bonchev–Trinajstić information content (AvgIpc) is 3.39. The summed E-state index contributed by atoms with van der Waals surface area (Å²) in [6.45, 7) is 3.03. The Labute approximate surface area is 169 Å². The van der Waals surface area contributed by atoms with Gasteiger partial charge in [0, 0.05) is 42.8 Å². The zero-order valence-electron chi connectivity index (χ0n) is 15.8. The topological polar surface area (TPSA) is 58.1 Å². The van der Waals surface area contributed by atoms with Crippen molar-refractivity contribution >= 4 is 17.2 Å². The summed E-state index contributed by atoms with van der Waals surface area (Å²) in [5, 5.41) is 6.06. The van der Waals surface area contributed by atoms with E-state index in [1.807, 2.05) is 24.4 Å². The lowest BCUT2D eigenvalue weighted by Crippen LogP contribution is -2.36. The molecule has 1 N–H and O–H groups in total. The maximum atomic E-state index is 12.3. The van der Waals surface area contributed by atoms with Crippen molar-refractivity contribution in [3.05, 3.63) is 71.5 Å². The van der Waals surface area contributed by atoms with E-state index in [0.717, 1.165) is 42.2 Å². The van der Waals surface area contributed by atoms with E-state index in [9.17, 15) is 4.79 Å². The first-order chi connectivity index (χ1) is 13.8. The molecule has 0 bridgehead atoms. The molecule has 1 saturated heterocycles. The third-order valence-corrected chi connectivity index (χ3v) is 6.01. The Balaban J connectivity index is 1.20. The van der Waals surface area contributed by atoms with Crippen LogP contribution in [0.25, 0.3) is 10.6 Å². The maximum Gasteiger partial charge on any atom is 0.234 e. The van der Waals surface area contributed by atoms with Crippen LogP contribution in [0.1, 0.15) is 23.6 Å². The van der Waals surface area contributed by atoms with Gasteiger partial charge < -0.3 is 5.32 Å². The lowest BCUT2D eigenvalue weighted by Gasteiger charge is -2.15. The molecule has 0 unspecified atom stereocenters. The van der Waals surface area contributed by atoms with Crippen LogP contribution in [0.2, 0.25) is 0 Å². The molecular formula is C22H24N4OS. The van der Waals surface area contributed by atoms with Gasteiger partial charge in [-0.05, 0) is 36.6 Å². The van der Waals surface area contributed by atoms with Crippen LogP contribution < -0.4 is 5.32 Å². The van der Waals surface area contributed by atoms with Gasteiger partial charge in [-0.25, -0.2) is 4.98 Å². The molecule has 5 nitrogen and oxygen atoms in total. The van der Waals surface area contributed by atoms with Gasteiger partial charge >= 0.3 is 0 Å². The highest BCUT2D eigenvalue weighted by molar-refractivity contribution is 7.13. The number of hydrogen-bond donors (Lipinski definition) is 1. The van der Waals surface area contributed by atoms with Crippen molar-refractivity contribution in [1.82, 2.24) is 20.2 Å². The SMILES string of the molecule is O=C(CN1CC[C@@H](c2ccccc2)C1)NCCc1csc(-c2cccnc2)n1. The summed E-state index contributed by atoms with van der Waals surface area (Å²) in [7, 11) is 0. The summed E-state index contributed by atoms with van der Waals surface area (Å²) in [4.78, 5) is 23.3. The van der Waals surface area contributed by atoms with Crippen molar-refractivity contribution in [2.45, 2.75) is 18.8 Å². The van der Waals surface area contributed by atoms with Gasteiger partial charge in [-0.15, -0.1) is 11.3 Å². The molecule has 3 aromatic rings. The molecule has 1 amide bonds. The summed E-state index contributed by atoms with van der Waals surface area (Å²) in [5.41, 5.74) is 3.41. The number of benzene rings is 1. The molecule has 4 rings (SSSR count). The Hall–Kier alpha value is -2.57. The van der Waals surface area contributed by atoms with E-state index >= 15 is 0 Å². The molecule has 1 atom stereocenters. The van der Waals surface area contributed by atoms with E-state index in [4.69, 9.17) is 0 Å². The van der Waals surface area contributed by atoms with Crippen molar-refractivity contribution in [3.8, 4) is 10.6 Å². The summed E-state index contributed by atoms with van der Waals surface area (Å²) < 4.78 is 0. The van der Waals surface area contributed by atoms with E-state index in [1.54, 1.807) is 17.5 Å². The minimum Gasteiger partial charge on any atom is -0.355 e. The number of carbonyl (C=O) groups excluding carboxylic acids is 1. The Morgan fingerprint density at radius 1 is 1.21 bits per heavy atom. The Morgan fingerprint density at radius 3 is 2.93 bits per heavy atom. The fourth-order valence-corrected chi connectivity index (χ4v) is 4.45. The standard InChI is InChI=1S/C22H24N4OS/c27-21(15-26-12-9-19(14-26)17-5-2-1-3-6-17)24-11-8-20-16-28-22(25-20)18-7-4-10-23-13-18/h1-7,10,13,16,19H,8-9,11-12,14-15H2,(H,24,27)/t19-/m1/s1. The summed E-state index contributed by atoms with van der Waals surface area (Å²) in [6, 6.07) is 14.5. The highest BCUT2D eigenvalue weighted by Crippen LogP contribution is 2.26. The van der Waals surface area contributed by atoms with Crippen molar-refractivity contribution in [2.24, 2.45) is 0 Å². The number of thiazole rings is 1. The number of carbonyl (C=O) groups is 1. The number of likely N-dealkylation sites (tertiary alicyclic amines) is 1. The van der Waals surface area contributed by atoms with Gasteiger partial charge in [-0.2, -0.15) is 0 Å². The highest BCUT2D eigenvalue weighted by Gasteiger charge is 2.24. The van der Waals surface area contributed by atoms with Crippen LogP contribution in [-0.2, 0) is 11.2 Å². The number of hydrogen-bond acceptors (Lipinski definition) is 5. The van der Waals surface area contributed by atoms with Crippen LogP contribution in [0.3, 0.4) is 0 Å². The fourth-order valence-electron chi connectivity index (χ4n) is 3.61. The first-order valence-electron chi connectivity index (χ1n) is 9.67. The molecule has 144 valence electrons. The Kier molecular flexibility index (Phi) is 6.09. The second kappa shape index (κ2) is 9.08. The molecule has 1 aliphatic heterocycles. The smallest absolute Gasteiger partial charge is 0.234 e. The largest absolute Gasteiger partial charge is 0.355 e. The lowest BCUT2D eigenvalue weighted by molar-refractivity contribution is -0.122. The molecule has 1 aliphatic rings. The molecule has 1 aromatic carbocycles. The average molecular weight is 393 g/mol. The summed E-state index contributed by atoms with van der Waals surface area (Å²) in [6.07, 6.45) is 5.45. The zero-order valence-corrected chi connectivity index (χ0v) is 16.6. The molecule has 0 spiro atoms. The van der Waals surface area contributed by atoms with Crippen LogP contribution >= 0.6 is 11.3 Å². The van der Waals surface area contributed by atoms with Crippen molar-refractivity contribution in [1.29, 1.82) is 0 Å². The normalized spacial score (nSPS) is 16.9. The van der Waals surface area contributed by atoms with E-state index in [1.165, 1.54) is 5.56 Å². The molecule has 0 aliphatic carbocycles. The number of nitrogens with zero attached hydrogens (tertiary/aromatic N) is 3. The third kappa shape index (κ3) is 4.82. The van der Waals surface area contributed by atoms with Gasteiger partial charge in [0.05, 0.1) is 12.2 Å². The summed E-state index contributed by atoms with van der Waals surface area (Å²) in [5.74, 6) is 0.631. The van der Waals surface area contributed by atoms with Gasteiger partial charge in [0.25, 0.3) is 0 Å². The van der Waals surface area contributed by atoms with E-state index in [-0.39, 0.29) is 5.91 Å². The van der Waals surface area contributed by atoms with Gasteiger partial charge in [0.2, 0.25) is 5.91 Å². The number of nitrogens with one attached hydrogen (secondary N) is 1. The van der Waals surface area contributed by atoms with Crippen LogP contribution in [0.15, 0.2) is 60.2 Å². The minimum atomic E-state index is 0.0939. The van der Waals surface area contributed by atoms with Crippen LogP contribution in [-0.4, -0.2) is 47.0 Å². The number of aromatic nitrogens is 2. The van der Waals surface area contributed by atoms with Crippen molar-refractivity contribution in [2.75, 3.05) is 26.2 Å². The Bertz CT molecular complexity index is 897. The molecule has 28 heavy (non-hydrogen) atoms. The van der Waals surface area contributed by atoms with Gasteiger partial charge in [0.15, 0.2) is 0 Å². The van der Waals surface area contributed by atoms with Crippen LogP contribution in [0, 0.1) is 0 Å². The monoisotopic (exact) mass is 392 g/mol.